The topological polar surface area (TPSA) is 70.2 Å². The van der Waals surface area contributed by atoms with Crippen LogP contribution in [0.4, 0.5) is 0 Å². The second-order valence-corrected chi connectivity index (χ2v) is 8.51. The Bertz CT molecular complexity index is 1270. The third-order valence-electron chi connectivity index (χ3n) is 4.90. The first-order valence-corrected chi connectivity index (χ1v) is 11.3. The van der Waals surface area contributed by atoms with Crippen LogP contribution in [0.1, 0.15) is 17.5 Å². The molecular formula is C23H22ClN3O3S. The van der Waals surface area contributed by atoms with Crippen molar-refractivity contribution in [1.82, 2.24) is 14.8 Å². The molecule has 0 bridgehead atoms. The fourth-order valence-electron chi connectivity index (χ4n) is 3.40. The summed E-state index contributed by atoms with van der Waals surface area (Å²) in [6.45, 7) is 3.30. The summed E-state index contributed by atoms with van der Waals surface area (Å²) in [6, 6.07) is 15.0. The first-order chi connectivity index (χ1) is 15.1. The minimum atomic E-state index is -0.355. The van der Waals surface area contributed by atoms with Crippen LogP contribution in [0, 0.1) is 6.92 Å². The third-order valence-corrected chi connectivity index (χ3v) is 6.25. The number of aryl methyl sites for hydroxylation is 1. The number of rotatable bonds is 8. The monoisotopic (exact) mass is 455 g/mol. The summed E-state index contributed by atoms with van der Waals surface area (Å²) >= 11 is 7.94. The van der Waals surface area contributed by atoms with Gasteiger partial charge < -0.3 is 13.7 Å². The summed E-state index contributed by atoms with van der Waals surface area (Å²) in [4.78, 5) is 12.1. The predicted molar refractivity (Wildman–Crippen MR) is 124 cm³/mol. The first kappa shape index (κ1) is 21.6. The van der Waals surface area contributed by atoms with Gasteiger partial charge in [0.25, 0.3) is 0 Å². The molecule has 0 amide bonds. The third kappa shape index (κ3) is 4.84. The largest absolute Gasteiger partial charge is 0.423 e. The first-order valence-electron chi connectivity index (χ1n) is 9.90. The maximum Gasteiger partial charge on any atom is 0.336 e. The normalized spacial score (nSPS) is 11.3. The van der Waals surface area contributed by atoms with Gasteiger partial charge in [-0.15, -0.1) is 10.2 Å². The van der Waals surface area contributed by atoms with Crippen LogP contribution in [-0.4, -0.2) is 28.5 Å². The summed E-state index contributed by atoms with van der Waals surface area (Å²) in [5, 5.41) is 11.2. The van der Waals surface area contributed by atoms with Gasteiger partial charge >= 0.3 is 5.63 Å². The van der Waals surface area contributed by atoms with E-state index in [0.29, 0.717) is 29.5 Å². The summed E-state index contributed by atoms with van der Waals surface area (Å²) in [5.74, 6) is 1.29. The summed E-state index contributed by atoms with van der Waals surface area (Å²) in [5.41, 5.74) is 3.03. The molecule has 0 spiro atoms. The minimum Gasteiger partial charge on any atom is -0.423 e. The van der Waals surface area contributed by atoms with E-state index in [0.717, 1.165) is 39.5 Å². The molecule has 0 radical (unpaired) electrons. The Morgan fingerprint density at radius 1 is 1.16 bits per heavy atom. The van der Waals surface area contributed by atoms with Crippen LogP contribution in [0.25, 0.3) is 22.4 Å². The molecule has 0 aliphatic carbocycles. The maximum absolute atomic E-state index is 12.1. The van der Waals surface area contributed by atoms with Crippen molar-refractivity contribution in [3.8, 4) is 11.4 Å². The van der Waals surface area contributed by atoms with Crippen LogP contribution < -0.4 is 5.63 Å². The van der Waals surface area contributed by atoms with Gasteiger partial charge in [-0.3, -0.25) is 0 Å². The van der Waals surface area contributed by atoms with Crippen LogP contribution in [0.5, 0.6) is 0 Å². The number of aromatic nitrogens is 3. The van der Waals surface area contributed by atoms with Crippen molar-refractivity contribution in [2.75, 3.05) is 13.7 Å². The van der Waals surface area contributed by atoms with Crippen molar-refractivity contribution >= 4 is 34.3 Å². The van der Waals surface area contributed by atoms with Crippen molar-refractivity contribution in [1.29, 1.82) is 0 Å². The van der Waals surface area contributed by atoms with Gasteiger partial charge in [-0.05, 0) is 42.7 Å². The molecule has 0 saturated carbocycles. The van der Waals surface area contributed by atoms with Crippen LogP contribution in [-0.2, 0) is 17.0 Å². The van der Waals surface area contributed by atoms with Gasteiger partial charge in [-0.1, -0.05) is 47.6 Å². The van der Waals surface area contributed by atoms with Crippen molar-refractivity contribution in [2.24, 2.45) is 0 Å². The molecule has 0 saturated heterocycles. The average molecular weight is 456 g/mol. The summed E-state index contributed by atoms with van der Waals surface area (Å²) in [6.07, 6.45) is 0.816. The molecule has 8 heteroatoms. The van der Waals surface area contributed by atoms with Gasteiger partial charge in [0, 0.05) is 43.0 Å². The Hall–Kier alpha value is -2.61. The van der Waals surface area contributed by atoms with E-state index in [1.54, 1.807) is 13.2 Å². The highest BCUT2D eigenvalue weighted by Gasteiger charge is 2.17. The zero-order valence-corrected chi connectivity index (χ0v) is 18.9. The number of ether oxygens (including phenoxy) is 1. The lowest BCUT2D eigenvalue weighted by Crippen LogP contribution is -2.06. The Balaban J connectivity index is 1.67. The van der Waals surface area contributed by atoms with Crippen LogP contribution >= 0.6 is 23.4 Å². The van der Waals surface area contributed by atoms with E-state index in [2.05, 4.69) is 14.8 Å². The minimum absolute atomic E-state index is 0.355. The average Bonchev–Trinajstić information content (AvgIpc) is 3.14. The van der Waals surface area contributed by atoms with Gasteiger partial charge in [0.2, 0.25) is 0 Å². The van der Waals surface area contributed by atoms with Gasteiger partial charge in [0.1, 0.15) is 5.58 Å². The zero-order valence-electron chi connectivity index (χ0n) is 17.3. The molecule has 2 aromatic heterocycles. The SMILES string of the molecule is COCCCn1c(SCc2cc(=O)oc3cc(C)ccc23)nnc1-c1ccccc1Cl. The molecule has 31 heavy (non-hydrogen) atoms. The van der Waals surface area contributed by atoms with Crippen molar-refractivity contribution in [3.63, 3.8) is 0 Å². The van der Waals surface area contributed by atoms with E-state index >= 15 is 0 Å². The lowest BCUT2D eigenvalue weighted by atomic mass is 10.1. The number of methoxy groups -OCH3 is 1. The molecule has 0 fully saturated rings. The number of hydrogen-bond acceptors (Lipinski definition) is 6. The lowest BCUT2D eigenvalue weighted by molar-refractivity contribution is 0.189. The molecule has 0 unspecified atom stereocenters. The highest BCUT2D eigenvalue weighted by Crippen LogP contribution is 2.31. The van der Waals surface area contributed by atoms with Crippen LogP contribution in [0.3, 0.4) is 0 Å². The fourth-order valence-corrected chi connectivity index (χ4v) is 4.58. The van der Waals surface area contributed by atoms with Crippen molar-refractivity contribution in [3.05, 3.63) is 75.1 Å². The molecule has 0 aliphatic heterocycles. The molecule has 6 nitrogen and oxygen atoms in total. The number of nitrogens with zero attached hydrogens (tertiary/aromatic N) is 3. The number of hydrogen-bond donors (Lipinski definition) is 0. The van der Waals surface area contributed by atoms with Crippen molar-refractivity contribution in [2.45, 2.75) is 30.8 Å². The second kappa shape index (κ2) is 9.68. The summed E-state index contributed by atoms with van der Waals surface area (Å²) < 4.78 is 12.6. The Morgan fingerprint density at radius 2 is 2.00 bits per heavy atom. The standard InChI is InChI=1S/C23H22ClN3O3S/c1-15-8-9-17-16(13-21(28)30-20(17)12-15)14-31-23-26-25-22(27(23)10-5-11-29-2)18-6-3-4-7-19(18)24/h3-4,6-9,12-13H,5,10-11,14H2,1-2H3. The maximum atomic E-state index is 12.1. The van der Waals surface area contributed by atoms with Gasteiger partial charge in [0.15, 0.2) is 11.0 Å². The number of thioether (sulfide) groups is 1. The molecule has 4 aromatic rings. The van der Waals surface area contributed by atoms with E-state index in [1.807, 2.05) is 49.4 Å². The van der Waals surface area contributed by atoms with Crippen LogP contribution in [0.15, 0.2) is 62.9 Å². The van der Waals surface area contributed by atoms with Gasteiger partial charge in [0.05, 0.1) is 5.02 Å². The fraction of sp³-hybridized carbons (Fsp3) is 0.261. The predicted octanol–water partition coefficient (Wildman–Crippen LogP) is 5.34. The quantitative estimate of drug-likeness (QED) is 0.203. The Labute approximate surface area is 189 Å². The highest BCUT2D eigenvalue weighted by atomic mass is 35.5. The van der Waals surface area contributed by atoms with Crippen LogP contribution in [0.2, 0.25) is 5.02 Å². The molecule has 2 heterocycles. The smallest absolute Gasteiger partial charge is 0.336 e. The highest BCUT2D eigenvalue weighted by molar-refractivity contribution is 7.98. The molecular weight excluding hydrogens is 434 g/mol. The van der Waals surface area contributed by atoms with Gasteiger partial charge in [-0.2, -0.15) is 0 Å². The number of benzene rings is 2. The zero-order chi connectivity index (χ0) is 21.8. The molecule has 0 atom stereocenters. The van der Waals surface area contributed by atoms with E-state index in [9.17, 15) is 4.79 Å². The van der Waals surface area contributed by atoms with E-state index in [-0.39, 0.29) is 5.63 Å². The summed E-state index contributed by atoms with van der Waals surface area (Å²) in [7, 11) is 1.69. The van der Waals surface area contributed by atoms with E-state index in [1.165, 1.54) is 11.8 Å². The number of halogens is 1. The molecule has 2 aromatic carbocycles. The van der Waals surface area contributed by atoms with Gasteiger partial charge in [-0.25, -0.2) is 4.79 Å². The molecule has 4 rings (SSSR count). The molecule has 160 valence electrons. The Morgan fingerprint density at radius 3 is 2.81 bits per heavy atom. The molecule has 0 N–H and O–H groups in total. The van der Waals surface area contributed by atoms with E-state index in [4.69, 9.17) is 20.8 Å². The number of fused-ring (bicyclic) bond motifs is 1. The van der Waals surface area contributed by atoms with E-state index < -0.39 is 0 Å². The molecule has 0 aliphatic rings. The van der Waals surface area contributed by atoms with Crippen molar-refractivity contribution < 1.29 is 9.15 Å². The lowest BCUT2D eigenvalue weighted by Gasteiger charge is -2.11. The second-order valence-electron chi connectivity index (χ2n) is 7.16. The Kier molecular flexibility index (Phi) is 6.75.